The summed E-state index contributed by atoms with van der Waals surface area (Å²) in [5.74, 6) is -2.19. The van der Waals surface area contributed by atoms with Crippen LogP contribution in [0.5, 0.6) is 0 Å². The molecule has 0 atom stereocenters. The van der Waals surface area contributed by atoms with E-state index in [9.17, 15) is 13.6 Å². The van der Waals surface area contributed by atoms with Crippen LogP contribution in [-0.2, 0) is 11.2 Å². The van der Waals surface area contributed by atoms with Gasteiger partial charge in [0.25, 0.3) is 0 Å². The number of carbonyl (C=O) groups is 1. The van der Waals surface area contributed by atoms with Gasteiger partial charge in [0.2, 0.25) is 5.91 Å². The SMILES string of the molecule is CC(C)NCCNC(=O)Cc1cccc(F)c1F. The second-order valence-corrected chi connectivity index (χ2v) is 4.35. The highest BCUT2D eigenvalue weighted by atomic mass is 19.2. The Labute approximate surface area is 106 Å². The number of rotatable bonds is 6. The van der Waals surface area contributed by atoms with E-state index in [1.54, 1.807) is 0 Å². The molecule has 0 aromatic heterocycles. The maximum atomic E-state index is 13.3. The second kappa shape index (κ2) is 7.06. The molecule has 0 aliphatic carbocycles. The molecule has 0 saturated heterocycles. The normalized spacial score (nSPS) is 10.7. The van der Waals surface area contributed by atoms with Crippen molar-refractivity contribution in [2.45, 2.75) is 26.3 Å². The topological polar surface area (TPSA) is 41.1 Å². The largest absolute Gasteiger partial charge is 0.355 e. The highest BCUT2D eigenvalue weighted by Crippen LogP contribution is 2.11. The van der Waals surface area contributed by atoms with E-state index in [0.717, 1.165) is 6.07 Å². The third kappa shape index (κ3) is 4.79. The smallest absolute Gasteiger partial charge is 0.224 e. The monoisotopic (exact) mass is 256 g/mol. The lowest BCUT2D eigenvalue weighted by molar-refractivity contribution is -0.120. The van der Waals surface area contributed by atoms with Crippen LogP contribution in [-0.4, -0.2) is 25.0 Å². The number of halogens is 2. The molecule has 1 amide bonds. The minimum absolute atomic E-state index is 0.0734. The van der Waals surface area contributed by atoms with Crippen LogP contribution in [0.25, 0.3) is 0 Å². The molecule has 2 N–H and O–H groups in total. The van der Waals surface area contributed by atoms with Crippen molar-refractivity contribution in [3.63, 3.8) is 0 Å². The molecule has 0 aliphatic rings. The Balaban J connectivity index is 2.38. The van der Waals surface area contributed by atoms with Crippen molar-refractivity contribution < 1.29 is 13.6 Å². The van der Waals surface area contributed by atoms with Crippen molar-refractivity contribution in [3.8, 4) is 0 Å². The fraction of sp³-hybridized carbons (Fsp3) is 0.462. The molecule has 5 heteroatoms. The van der Waals surface area contributed by atoms with E-state index < -0.39 is 11.6 Å². The van der Waals surface area contributed by atoms with Crippen molar-refractivity contribution >= 4 is 5.91 Å². The van der Waals surface area contributed by atoms with Crippen LogP contribution in [0.15, 0.2) is 18.2 Å². The van der Waals surface area contributed by atoms with Gasteiger partial charge in [-0.25, -0.2) is 8.78 Å². The number of nitrogens with one attached hydrogen (secondary N) is 2. The molecular formula is C13H18F2N2O. The number of hydrogen-bond donors (Lipinski definition) is 2. The summed E-state index contributed by atoms with van der Waals surface area (Å²) in [4.78, 5) is 11.5. The van der Waals surface area contributed by atoms with Gasteiger partial charge < -0.3 is 10.6 Å². The summed E-state index contributed by atoms with van der Waals surface area (Å²) in [5, 5.41) is 5.78. The molecule has 1 aromatic rings. The van der Waals surface area contributed by atoms with E-state index in [-0.39, 0.29) is 17.9 Å². The van der Waals surface area contributed by atoms with E-state index in [0.29, 0.717) is 19.1 Å². The Morgan fingerprint density at radius 2 is 2.00 bits per heavy atom. The first-order valence-electron chi connectivity index (χ1n) is 5.93. The number of hydrogen-bond acceptors (Lipinski definition) is 2. The first-order chi connectivity index (χ1) is 8.50. The standard InChI is InChI=1S/C13H18F2N2O/c1-9(2)16-6-7-17-12(18)8-10-4-3-5-11(14)13(10)15/h3-5,9,16H,6-8H2,1-2H3,(H,17,18). The van der Waals surface area contributed by atoms with Crippen molar-refractivity contribution in [1.82, 2.24) is 10.6 Å². The minimum Gasteiger partial charge on any atom is -0.355 e. The lowest BCUT2D eigenvalue weighted by Gasteiger charge is -2.09. The third-order valence-corrected chi connectivity index (χ3v) is 2.38. The first kappa shape index (κ1) is 14.6. The molecule has 1 rings (SSSR count). The zero-order valence-corrected chi connectivity index (χ0v) is 10.6. The predicted octanol–water partition coefficient (Wildman–Crippen LogP) is 1.62. The van der Waals surface area contributed by atoms with E-state index >= 15 is 0 Å². The van der Waals surface area contributed by atoms with Crippen LogP contribution in [0.4, 0.5) is 8.78 Å². The molecule has 0 bridgehead atoms. The van der Waals surface area contributed by atoms with Gasteiger partial charge in [-0.05, 0) is 6.07 Å². The van der Waals surface area contributed by atoms with Crippen molar-refractivity contribution in [2.75, 3.05) is 13.1 Å². The van der Waals surface area contributed by atoms with Crippen molar-refractivity contribution in [1.29, 1.82) is 0 Å². The Bertz CT molecular complexity index is 408. The summed E-state index contributed by atoms with van der Waals surface area (Å²) in [5.41, 5.74) is 0.0734. The first-order valence-corrected chi connectivity index (χ1v) is 5.93. The van der Waals surface area contributed by atoms with Gasteiger partial charge in [-0.1, -0.05) is 26.0 Å². The lowest BCUT2D eigenvalue weighted by atomic mass is 10.1. The fourth-order valence-electron chi connectivity index (χ4n) is 1.48. The van der Waals surface area contributed by atoms with E-state index in [4.69, 9.17) is 0 Å². The Morgan fingerprint density at radius 3 is 2.67 bits per heavy atom. The molecule has 0 unspecified atom stereocenters. The summed E-state index contributed by atoms with van der Waals surface area (Å²) < 4.78 is 26.2. The van der Waals surface area contributed by atoms with Crippen molar-refractivity contribution in [3.05, 3.63) is 35.4 Å². The van der Waals surface area contributed by atoms with Gasteiger partial charge in [0.15, 0.2) is 11.6 Å². The number of benzene rings is 1. The maximum Gasteiger partial charge on any atom is 0.224 e. The second-order valence-electron chi connectivity index (χ2n) is 4.35. The maximum absolute atomic E-state index is 13.3. The number of carbonyl (C=O) groups excluding carboxylic acids is 1. The zero-order valence-electron chi connectivity index (χ0n) is 10.6. The van der Waals surface area contributed by atoms with Gasteiger partial charge in [-0.3, -0.25) is 4.79 Å². The molecule has 0 radical (unpaired) electrons. The molecule has 0 aliphatic heterocycles. The molecule has 18 heavy (non-hydrogen) atoms. The summed E-state index contributed by atoms with van der Waals surface area (Å²) >= 11 is 0. The summed E-state index contributed by atoms with van der Waals surface area (Å²) in [6.45, 7) is 5.12. The van der Waals surface area contributed by atoms with Crippen LogP contribution < -0.4 is 10.6 Å². The van der Waals surface area contributed by atoms with E-state index in [1.807, 2.05) is 13.8 Å². The molecule has 0 fully saturated rings. The van der Waals surface area contributed by atoms with Gasteiger partial charge in [0.05, 0.1) is 6.42 Å². The van der Waals surface area contributed by atoms with Crippen LogP contribution in [0.3, 0.4) is 0 Å². The molecule has 3 nitrogen and oxygen atoms in total. The zero-order chi connectivity index (χ0) is 13.5. The molecule has 0 heterocycles. The molecule has 1 aromatic carbocycles. The van der Waals surface area contributed by atoms with Crippen LogP contribution in [0.1, 0.15) is 19.4 Å². The third-order valence-electron chi connectivity index (χ3n) is 2.38. The van der Waals surface area contributed by atoms with Crippen LogP contribution >= 0.6 is 0 Å². The minimum atomic E-state index is -0.951. The average Bonchev–Trinajstić information content (AvgIpc) is 2.30. The molecule has 100 valence electrons. The average molecular weight is 256 g/mol. The summed E-state index contributed by atoms with van der Waals surface area (Å²) in [6.07, 6.45) is -0.148. The van der Waals surface area contributed by atoms with Crippen molar-refractivity contribution in [2.24, 2.45) is 0 Å². The van der Waals surface area contributed by atoms with Gasteiger partial charge in [-0.15, -0.1) is 0 Å². The van der Waals surface area contributed by atoms with Crippen LogP contribution in [0.2, 0.25) is 0 Å². The Kier molecular flexibility index (Phi) is 5.71. The van der Waals surface area contributed by atoms with Gasteiger partial charge in [0.1, 0.15) is 0 Å². The summed E-state index contributed by atoms with van der Waals surface area (Å²) in [7, 11) is 0. The van der Waals surface area contributed by atoms with Gasteiger partial charge in [-0.2, -0.15) is 0 Å². The Hall–Kier alpha value is -1.49. The fourth-order valence-corrected chi connectivity index (χ4v) is 1.48. The number of amides is 1. The molecular weight excluding hydrogens is 238 g/mol. The van der Waals surface area contributed by atoms with E-state index in [1.165, 1.54) is 12.1 Å². The quantitative estimate of drug-likeness (QED) is 0.759. The van der Waals surface area contributed by atoms with Gasteiger partial charge in [0, 0.05) is 24.7 Å². The van der Waals surface area contributed by atoms with Gasteiger partial charge >= 0.3 is 0 Å². The predicted molar refractivity (Wildman–Crippen MR) is 66.2 cm³/mol. The highest BCUT2D eigenvalue weighted by molar-refractivity contribution is 5.78. The highest BCUT2D eigenvalue weighted by Gasteiger charge is 2.11. The van der Waals surface area contributed by atoms with Crippen LogP contribution in [0, 0.1) is 11.6 Å². The Morgan fingerprint density at radius 1 is 1.28 bits per heavy atom. The molecule has 0 spiro atoms. The lowest BCUT2D eigenvalue weighted by Crippen LogP contribution is -2.35. The summed E-state index contributed by atoms with van der Waals surface area (Å²) in [6, 6.07) is 4.18. The molecule has 0 saturated carbocycles. The van der Waals surface area contributed by atoms with E-state index in [2.05, 4.69) is 10.6 Å².